The second-order valence-corrected chi connectivity index (χ2v) is 5.26. The molecule has 2 aromatic rings. The molecule has 2 aromatic carbocycles. The number of carbonyl (C=O) groups is 1. The van der Waals surface area contributed by atoms with Gasteiger partial charge in [-0.05, 0) is 48.7 Å². The second-order valence-electron chi connectivity index (χ2n) is 4.82. The summed E-state index contributed by atoms with van der Waals surface area (Å²) in [5.41, 5.74) is 2.78. The third-order valence-electron chi connectivity index (χ3n) is 3.28. The molecule has 4 heteroatoms. The van der Waals surface area contributed by atoms with Gasteiger partial charge in [-0.2, -0.15) is 0 Å². The Labute approximate surface area is 129 Å². The average Bonchev–Trinajstić information content (AvgIpc) is 2.48. The molecular weight excluding hydrogens is 286 g/mol. The molecule has 110 valence electrons. The van der Waals surface area contributed by atoms with Crippen LogP contribution in [0.25, 0.3) is 0 Å². The van der Waals surface area contributed by atoms with Crippen LogP contribution in [-0.2, 0) is 11.2 Å². The molecule has 0 aliphatic carbocycles. The van der Waals surface area contributed by atoms with Crippen molar-refractivity contribution in [2.24, 2.45) is 0 Å². The van der Waals surface area contributed by atoms with E-state index in [1.54, 1.807) is 13.2 Å². The first-order chi connectivity index (χ1) is 10.1. The highest BCUT2D eigenvalue weighted by Gasteiger charge is 2.08. The van der Waals surface area contributed by atoms with E-state index in [9.17, 15) is 4.79 Å². The SMILES string of the molecule is COc1ccccc1CCC(=O)Nc1ccc(Cl)cc1C. The first kappa shape index (κ1) is 15.4. The Morgan fingerprint density at radius 1 is 1.24 bits per heavy atom. The van der Waals surface area contributed by atoms with Gasteiger partial charge in [0, 0.05) is 17.1 Å². The molecule has 0 aliphatic rings. The van der Waals surface area contributed by atoms with Crippen molar-refractivity contribution < 1.29 is 9.53 Å². The van der Waals surface area contributed by atoms with Crippen LogP contribution >= 0.6 is 11.6 Å². The number of aryl methyl sites for hydroxylation is 2. The number of hydrogen-bond acceptors (Lipinski definition) is 2. The second kappa shape index (κ2) is 7.14. The van der Waals surface area contributed by atoms with E-state index >= 15 is 0 Å². The van der Waals surface area contributed by atoms with Crippen molar-refractivity contribution >= 4 is 23.2 Å². The zero-order chi connectivity index (χ0) is 15.2. The van der Waals surface area contributed by atoms with Crippen LogP contribution in [0.2, 0.25) is 5.02 Å². The highest BCUT2D eigenvalue weighted by Crippen LogP contribution is 2.21. The standard InChI is InChI=1S/C17H18ClNO2/c1-12-11-14(18)8-9-15(12)19-17(20)10-7-13-5-3-4-6-16(13)21-2/h3-6,8-9,11H,7,10H2,1-2H3,(H,19,20). The summed E-state index contributed by atoms with van der Waals surface area (Å²) in [6.45, 7) is 1.92. The van der Waals surface area contributed by atoms with E-state index < -0.39 is 0 Å². The molecule has 0 bridgehead atoms. The summed E-state index contributed by atoms with van der Waals surface area (Å²) in [6.07, 6.45) is 1.05. The summed E-state index contributed by atoms with van der Waals surface area (Å²) >= 11 is 5.90. The van der Waals surface area contributed by atoms with E-state index in [-0.39, 0.29) is 5.91 Å². The molecule has 1 amide bonds. The molecule has 0 unspecified atom stereocenters. The van der Waals surface area contributed by atoms with Crippen molar-refractivity contribution in [2.45, 2.75) is 19.8 Å². The largest absolute Gasteiger partial charge is 0.496 e. The van der Waals surface area contributed by atoms with E-state index in [0.29, 0.717) is 17.9 Å². The molecular formula is C17H18ClNO2. The summed E-state index contributed by atoms with van der Waals surface area (Å²) in [5.74, 6) is 0.791. The van der Waals surface area contributed by atoms with Gasteiger partial charge in [-0.25, -0.2) is 0 Å². The minimum atomic E-state index is -0.0219. The molecule has 0 saturated heterocycles. The monoisotopic (exact) mass is 303 g/mol. The molecule has 0 spiro atoms. The number of anilines is 1. The smallest absolute Gasteiger partial charge is 0.224 e. The first-order valence-corrected chi connectivity index (χ1v) is 7.16. The summed E-state index contributed by atoms with van der Waals surface area (Å²) in [7, 11) is 1.63. The van der Waals surface area contributed by atoms with Gasteiger partial charge in [-0.1, -0.05) is 29.8 Å². The van der Waals surface area contributed by atoms with Crippen LogP contribution in [-0.4, -0.2) is 13.0 Å². The fourth-order valence-electron chi connectivity index (χ4n) is 2.14. The Bertz CT molecular complexity index is 640. The molecule has 0 aliphatic heterocycles. The highest BCUT2D eigenvalue weighted by molar-refractivity contribution is 6.30. The Hall–Kier alpha value is -2.00. The van der Waals surface area contributed by atoms with Crippen molar-refractivity contribution in [3.63, 3.8) is 0 Å². The Morgan fingerprint density at radius 3 is 2.71 bits per heavy atom. The molecule has 2 rings (SSSR count). The van der Waals surface area contributed by atoms with E-state index in [1.807, 2.05) is 43.3 Å². The lowest BCUT2D eigenvalue weighted by atomic mass is 10.1. The zero-order valence-electron chi connectivity index (χ0n) is 12.2. The van der Waals surface area contributed by atoms with E-state index in [1.165, 1.54) is 0 Å². The number of ether oxygens (including phenoxy) is 1. The topological polar surface area (TPSA) is 38.3 Å². The predicted octanol–water partition coefficient (Wildman–Crippen LogP) is 4.23. The van der Waals surface area contributed by atoms with Crippen molar-refractivity contribution in [3.05, 3.63) is 58.6 Å². The van der Waals surface area contributed by atoms with Gasteiger partial charge in [0.05, 0.1) is 7.11 Å². The molecule has 0 saturated carbocycles. The van der Waals surface area contributed by atoms with Crippen LogP contribution < -0.4 is 10.1 Å². The summed E-state index contributed by atoms with van der Waals surface area (Å²) in [6, 6.07) is 13.1. The van der Waals surface area contributed by atoms with E-state index in [4.69, 9.17) is 16.3 Å². The molecule has 0 heterocycles. The lowest BCUT2D eigenvalue weighted by molar-refractivity contribution is -0.116. The quantitative estimate of drug-likeness (QED) is 0.897. The van der Waals surface area contributed by atoms with Crippen molar-refractivity contribution in [1.29, 1.82) is 0 Å². The number of halogens is 1. The maximum absolute atomic E-state index is 12.0. The van der Waals surface area contributed by atoms with E-state index in [2.05, 4.69) is 5.32 Å². The Morgan fingerprint density at radius 2 is 2.00 bits per heavy atom. The number of methoxy groups -OCH3 is 1. The number of benzene rings is 2. The summed E-state index contributed by atoms with van der Waals surface area (Å²) in [5, 5.41) is 3.57. The third kappa shape index (κ3) is 4.23. The van der Waals surface area contributed by atoms with Gasteiger partial charge in [0.15, 0.2) is 0 Å². The first-order valence-electron chi connectivity index (χ1n) is 6.78. The van der Waals surface area contributed by atoms with Crippen molar-refractivity contribution in [2.75, 3.05) is 12.4 Å². The van der Waals surface area contributed by atoms with Crippen molar-refractivity contribution in [1.82, 2.24) is 0 Å². The van der Waals surface area contributed by atoms with Gasteiger partial charge in [-0.3, -0.25) is 4.79 Å². The highest BCUT2D eigenvalue weighted by atomic mass is 35.5. The van der Waals surface area contributed by atoms with Gasteiger partial charge in [0.2, 0.25) is 5.91 Å². The lowest BCUT2D eigenvalue weighted by Gasteiger charge is -2.10. The van der Waals surface area contributed by atoms with Gasteiger partial charge in [0.25, 0.3) is 0 Å². The number of hydrogen-bond donors (Lipinski definition) is 1. The third-order valence-corrected chi connectivity index (χ3v) is 3.51. The molecule has 0 radical (unpaired) electrons. The van der Waals surface area contributed by atoms with Crippen LogP contribution in [0.5, 0.6) is 5.75 Å². The van der Waals surface area contributed by atoms with Gasteiger partial charge >= 0.3 is 0 Å². The molecule has 0 fully saturated rings. The minimum absolute atomic E-state index is 0.0219. The van der Waals surface area contributed by atoms with Crippen LogP contribution in [0.1, 0.15) is 17.5 Å². The zero-order valence-corrected chi connectivity index (χ0v) is 12.9. The van der Waals surface area contributed by atoms with E-state index in [0.717, 1.165) is 22.6 Å². The number of rotatable bonds is 5. The van der Waals surface area contributed by atoms with Gasteiger partial charge in [0.1, 0.15) is 5.75 Å². The summed E-state index contributed by atoms with van der Waals surface area (Å²) < 4.78 is 5.28. The Balaban J connectivity index is 1.96. The number of nitrogens with one attached hydrogen (secondary N) is 1. The number of amides is 1. The maximum Gasteiger partial charge on any atom is 0.224 e. The summed E-state index contributed by atoms with van der Waals surface area (Å²) in [4.78, 5) is 12.0. The van der Waals surface area contributed by atoms with Crippen LogP contribution in [0, 0.1) is 6.92 Å². The molecule has 0 aromatic heterocycles. The average molecular weight is 304 g/mol. The Kier molecular flexibility index (Phi) is 5.23. The number of para-hydroxylation sites is 1. The van der Waals surface area contributed by atoms with Crippen LogP contribution in [0.15, 0.2) is 42.5 Å². The normalized spacial score (nSPS) is 10.2. The predicted molar refractivity (Wildman–Crippen MR) is 86.1 cm³/mol. The van der Waals surface area contributed by atoms with Gasteiger partial charge < -0.3 is 10.1 Å². The fraction of sp³-hybridized carbons (Fsp3) is 0.235. The van der Waals surface area contributed by atoms with Crippen molar-refractivity contribution in [3.8, 4) is 5.75 Å². The molecule has 0 atom stereocenters. The molecule has 3 nitrogen and oxygen atoms in total. The molecule has 1 N–H and O–H groups in total. The van der Waals surface area contributed by atoms with Crippen LogP contribution in [0.4, 0.5) is 5.69 Å². The molecule has 21 heavy (non-hydrogen) atoms. The number of carbonyl (C=O) groups excluding carboxylic acids is 1. The minimum Gasteiger partial charge on any atom is -0.496 e. The maximum atomic E-state index is 12.0. The van der Waals surface area contributed by atoms with Crippen LogP contribution in [0.3, 0.4) is 0 Å². The lowest BCUT2D eigenvalue weighted by Crippen LogP contribution is -2.13. The van der Waals surface area contributed by atoms with Gasteiger partial charge in [-0.15, -0.1) is 0 Å². The fourth-order valence-corrected chi connectivity index (χ4v) is 2.36.